The summed E-state index contributed by atoms with van der Waals surface area (Å²) >= 11 is 8.39. The number of nitrogens with two attached hydrogens (primary N) is 1. The van der Waals surface area contributed by atoms with Crippen molar-refractivity contribution in [2.45, 2.75) is 6.92 Å². The zero-order chi connectivity index (χ0) is 12.4. The van der Waals surface area contributed by atoms with Gasteiger partial charge in [-0.3, -0.25) is 0 Å². The molecule has 0 heterocycles. The Kier molecular flexibility index (Phi) is 3.79. The molecule has 0 aliphatic rings. The number of anilines is 3. The van der Waals surface area contributed by atoms with E-state index in [1.165, 1.54) is 0 Å². The highest BCUT2D eigenvalue weighted by Crippen LogP contribution is 2.28. The molecule has 3 N–H and O–H groups in total. The van der Waals surface area contributed by atoms with Crippen molar-refractivity contribution < 1.29 is 0 Å². The van der Waals surface area contributed by atoms with Crippen molar-refractivity contribution in [2.75, 3.05) is 11.1 Å². The predicted octanol–water partition coefficient (Wildman–Crippen LogP) is 4.58. The molecule has 0 atom stereocenters. The fourth-order valence-corrected chi connectivity index (χ4v) is 2.53. The highest BCUT2D eigenvalue weighted by atomic mass is 127. The van der Waals surface area contributed by atoms with Crippen molar-refractivity contribution in [2.24, 2.45) is 0 Å². The molecule has 0 bridgehead atoms. The number of halogens is 2. The molecule has 2 rings (SSSR count). The molecule has 0 saturated heterocycles. The Bertz CT molecular complexity index is 535. The van der Waals surface area contributed by atoms with Gasteiger partial charge in [-0.1, -0.05) is 11.6 Å². The van der Waals surface area contributed by atoms with Crippen molar-refractivity contribution in [3.8, 4) is 0 Å². The van der Waals surface area contributed by atoms with Gasteiger partial charge in [-0.25, -0.2) is 0 Å². The molecule has 2 aromatic carbocycles. The number of hydrogen-bond acceptors (Lipinski definition) is 2. The first-order valence-electron chi connectivity index (χ1n) is 5.14. The van der Waals surface area contributed by atoms with Gasteiger partial charge in [0.25, 0.3) is 0 Å². The Hall–Kier alpha value is -0.940. The van der Waals surface area contributed by atoms with Gasteiger partial charge in [0.2, 0.25) is 0 Å². The van der Waals surface area contributed by atoms with Crippen molar-refractivity contribution in [1.82, 2.24) is 0 Å². The van der Waals surface area contributed by atoms with Crippen molar-refractivity contribution in [3.63, 3.8) is 0 Å². The molecule has 0 saturated carbocycles. The molecule has 88 valence electrons. The van der Waals surface area contributed by atoms with Crippen LogP contribution in [0.15, 0.2) is 36.4 Å². The van der Waals surface area contributed by atoms with E-state index in [1.807, 2.05) is 43.3 Å². The summed E-state index contributed by atoms with van der Waals surface area (Å²) in [6.45, 7) is 2.01. The van der Waals surface area contributed by atoms with Crippen LogP contribution in [0.3, 0.4) is 0 Å². The highest BCUT2D eigenvalue weighted by Gasteiger charge is 2.02. The van der Waals surface area contributed by atoms with E-state index >= 15 is 0 Å². The summed E-state index contributed by atoms with van der Waals surface area (Å²) in [6.07, 6.45) is 0. The van der Waals surface area contributed by atoms with Crippen molar-refractivity contribution in [1.29, 1.82) is 0 Å². The average Bonchev–Trinajstić information content (AvgIpc) is 2.21. The van der Waals surface area contributed by atoms with Crippen LogP contribution in [-0.4, -0.2) is 0 Å². The van der Waals surface area contributed by atoms with Crippen LogP contribution in [0.2, 0.25) is 5.02 Å². The number of nitrogen functional groups attached to an aromatic ring is 1. The Morgan fingerprint density at radius 1 is 1.18 bits per heavy atom. The number of nitrogens with one attached hydrogen (secondary N) is 1. The average molecular weight is 359 g/mol. The van der Waals surface area contributed by atoms with Gasteiger partial charge in [-0.05, 0) is 71.5 Å². The largest absolute Gasteiger partial charge is 0.399 e. The van der Waals surface area contributed by atoms with Crippen molar-refractivity contribution in [3.05, 3.63) is 50.6 Å². The fraction of sp³-hybridized carbons (Fsp3) is 0.0769. The Balaban J connectivity index is 2.31. The van der Waals surface area contributed by atoms with E-state index in [-0.39, 0.29) is 0 Å². The van der Waals surface area contributed by atoms with Crippen molar-refractivity contribution >= 4 is 51.3 Å². The van der Waals surface area contributed by atoms with Crippen LogP contribution in [0.5, 0.6) is 0 Å². The standard InChI is InChI=1S/C13H12ClIN2/c1-8-4-10(16)7-11(5-8)17-13-3-2-9(15)6-12(13)14/h2-7,17H,16H2,1H3. The summed E-state index contributed by atoms with van der Waals surface area (Å²) in [5.41, 5.74) is 9.50. The van der Waals surface area contributed by atoms with E-state index in [0.717, 1.165) is 26.2 Å². The molecule has 0 aliphatic carbocycles. The summed E-state index contributed by atoms with van der Waals surface area (Å²) in [6, 6.07) is 11.7. The third kappa shape index (κ3) is 3.26. The second-order valence-corrected chi connectivity index (χ2v) is 5.53. The summed E-state index contributed by atoms with van der Waals surface area (Å²) in [7, 11) is 0. The van der Waals surface area contributed by atoms with Crippen LogP contribution in [0.4, 0.5) is 17.1 Å². The maximum absolute atomic E-state index is 6.16. The van der Waals surface area contributed by atoms with Gasteiger partial charge < -0.3 is 11.1 Å². The predicted molar refractivity (Wildman–Crippen MR) is 83.0 cm³/mol. The van der Waals surface area contributed by atoms with Gasteiger partial charge >= 0.3 is 0 Å². The van der Waals surface area contributed by atoms with E-state index in [4.69, 9.17) is 17.3 Å². The van der Waals surface area contributed by atoms with Crippen LogP contribution in [0, 0.1) is 10.5 Å². The number of aryl methyl sites for hydroxylation is 1. The van der Waals surface area contributed by atoms with Crippen LogP contribution in [0.25, 0.3) is 0 Å². The lowest BCUT2D eigenvalue weighted by Gasteiger charge is -2.10. The summed E-state index contributed by atoms with van der Waals surface area (Å²) in [5.74, 6) is 0. The van der Waals surface area contributed by atoms with Gasteiger partial charge in [0, 0.05) is 14.9 Å². The molecule has 17 heavy (non-hydrogen) atoms. The monoisotopic (exact) mass is 358 g/mol. The number of rotatable bonds is 2. The minimum Gasteiger partial charge on any atom is -0.399 e. The smallest absolute Gasteiger partial charge is 0.0651 e. The number of hydrogen-bond donors (Lipinski definition) is 2. The lowest BCUT2D eigenvalue weighted by Crippen LogP contribution is -1.94. The van der Waals surface area contributed by atoms with Gasteiger partial charge in [-0.15, -0.1) is 0 Å². The Labute approximate surface area is 119 Å². The molecule has 0 aliphatic heterocycles. The zero-order valence-electron chi connectivity index (χ0n) is 9.30. The maximum Gasteiger partial charge on any atom is 0.0651 e. The third-order valence-electron chi connectivity index (χ3n) is 2.31. The fourth-order valence-electron chi connectivity index (χ4n) is 1.63. The lowest BCUT2D eigenvalue weighted by atomic mass is 10.2. The summed E-state index contributed by atoms with van der Waals surface area (Å²) < 4.78 is 1.11. The lowest BCUT2D eigenvalue weighted by molar-refractivity contribution is 1.45. The quantitative estimate of drug-likeness (QED) is 0.609. The highest BCUT2D eigenvalue weighted by molar-refractivity contribution is 14.1. The van der Waals surface area contributed by atoms with Gasteiger partial charge in [-0.2, -0.15) is 0 Å². The molecule has 0 amide bonds. The second-order valence-electron chi connectivity index (χ2n) is 3.88. The van der Waals surface area contributed by atoms with E-state index < -0.39 is 0 Å². The topological polar surface area (TPSA) is 38.0 Å². The minimum atomic E-state index is 0.706. The molecular formula is C13H12ClIN2. The third-order valence-corrected chi connectivity index (χ3v) is 3.29. The summed E-state index contributed by atoms with van der Waals surface area (Å²) in [4.78, 5) is 0. The molecule has 0 aromatic heterocycles. The minimum absolute atomic E-state index is 0.706. The summed E-state index contributed by atoms with van der Waals surface area (Å²) in [5, 5.41) is 3.97. The maximum atomic E-state index is 6.16. The molecule has 0 fully saturated rings. The first-order chi connectivity index (χ1) is 8.04. The van der Waals surface area contributed by atoms with Crippen LogP contribution < -0.4 is 11.1 Å². The van der Waals surface area contributed by atoms with Gasteiger partial charge in [0.15, 0.2) is 0 Å². The normalized spacial score (nSPS) is 10.3. The van der Waals surface area contributed by atoms with Crippen LogP contribution in [0.1, 0.15) is 5.56 Å². The van der Waals surface area contributed by atoms with E-state index in [9.17, 15) is 0 Å². The van der Waals surface area contributed by atoms with E-state index in [2.05, 4.69) is 27.9 Å². The molecular weight excluding hydrogens is 347 g/mol. The molecule has 0 spiro atoms. The Morgan fingerprint density at radius 3 is 2.59 bits per heavy atom. The van der Waals surface area contributed by atoms with Crippen LogP contribution >= 0.6 is 34.2 Å². The van der Waals surface area contributed by atoms with Gasteiger partial charge in [0.1, 0.15) is 0 Å². The van der Waals surface area contributed by atoms with E-state index in [0.29, 0.717) is 5.02 Å². The molecule has 0 unspecified atom stereocenters. The van der Waals surface area contributed by atoms with Gasteiger partial charge in [0.05, 0.1) is 10.7 Å². The molecule has 2 nitrogen and oxygen atoms in total. The second kappa shape index (κ2) is 5.14. The number of benzene rings is 2. The first-order valence-corrected chi connectivity index (χ1v) is 6.59. The zero-order valence-corrected chi connectivity index (χ0v) is 12.2. The first kappa shape index (κ1) is 12.5. The molecule has 2 aromatic rings. The molecule has 4 heteroatoms. The Morgan fingerprint density at radius 2 is 1.94 bits per heavy atom. The molecule has 0 radical (unpaired) electrons. The SMILES string of the molecule is Cc1cc(N)cc(Nc2ccc(I)cc2Cl)c1. The van der Waals surface area contributed by atoms with E-state index in [1.54, 1.807) is 0 Å². The van der Waals surface area contributed by atoms with Crippen LogP contribution in [-0.2, 0) is 0 Å².